The highest BCUT2D eigenvalue weighted by Crippen LogP contribution is 2.25. The molecule has 1 nitrogen and oxygen atoms in total. The molecule has 1 heterocycles. The Morgan fingerprint density at radius 2 is 1.83 bits per heavy atom. The average molecular weight is 314 g/mol. The third-order valence-electron chi connectivity index (χ3n) is 3.71. The fourth-order valence-corrected chi connectivity index (χ4v) is 2.67. The molecule has 1 aliphatic heterocycles. The van der Waals surface area contributed by atoms with E-state index in [1.807, 2.05) is 40.7 Å². The molecule has 0 bridgehead atoms. The first-order valence-corrected chi connectivity index (χ1v) is 9.05. The van der Waals surface area contributed by atoms with Gasteiger partial charge in [0, 0.05) is 13.1 Å². The summed E-state index contributed by atoms with van der Waals surface area (Å²) in [7, 11) is 0. The second-order valence-corrected chi connectivity index (χ2v) is 5.10. The lowest BCUT2D eigenvalue weighted by Crippen LogP contribution is -2.20. The first-order chi connectivity index (χ1) is 11.3. The maximum atomic E-state index is 3.95. The number of hydrogen-bond donors (Lipinski definition) is 0. The van der Waals surface area contributed by atoms with Gasteiger partial charge in [-0.2, -0.15) is 0 Å². The molecular weight excluding hydrogens is 278 g/mol. The second kappa shape index (κ2) is 14.0. The van der Waals surface area contributed by atoms with Crippen molar-refractivity contribution in [2.45, 2.75) is 47.6 Å². The molecule has 1 aromatic carbocycles. The van der Waals surface area contributed by atoms with Crippen LogP contribution in [-0.2, 0) is 6.54 Å². The van der Waals surface area contributed by atoms with Crippen molar-refractivity contribution in [1.82, 2.24) is 4.90 Å². The molecule has 0 aromatic heterocycles. The topological polar surface area (TPSA) is 3.24 Å². The Bertz CT molecular complexity index is 456. The molecule has 0 amide bonds. The van der Waals surface area contributed by atoms with Crippen LogP contribution in [0.1, 0.15) is 46.6 Å². The Morgan fingerprint density at radius 1 is 1.17 bits per heavy atom. The van der Waals surface area contributed by atoms with Gasteiger partial charge in [0.1, 0.15) is 0 Å². The fraction of sp³-hybridized carbons (Fsp3) is 0.455. The van der Waals surface area contributed by atoms with Crippen molar-refractivity contribution in [3.05, 3.63) is 72.4 Å². The molecule has 0 radical (unpaired) electrons. The molecule has 0 spiro atoms. The molecule has 0 N–H and O–H groups in total. The number of rotatable bonds is 5. The summed E-state index contributed by atoms with van der Waals surface area (Å²) in [4.78, 5) is 2.53. The Morgan fingerprint density at radius 3 is 2.39 bits per heavy atom. The Kier molecular flexibility index (Phi) is 13.0. The van der Waals surface area contributed by atoms with E-state index >= 15 is 0 Å². The van der Waals surface area contributed by atoms with Gasteiger partial charge < -0.3 is 0 Å². The quantitative estimate of drug-likeness (QED) is 0.581. The summed E-state index contributed by atoms with van der Waals surface area (Å²) in [5.41, 5.74) is 2.77. The van der Waals surface area contributed by atoms with Crippen molar-refractivity contribution >= 4 is 0 Å². The van der Waals surface area contributed by atoms with E-state index in [-0.39, 0.29) is 0 Å². The standard InChI is InChI=1S/C18H23N.2C2H6/c1-3-5-11-17(4-2)18-12-13-19(15-18)14-16-9-7-6-8-10-16;2*1-2/h3-11,18H,2,12-15H2,1H3;2*1-2H3/b5-3-,17-11+;;. The third-order valence-corrected chi connectivity index (χ3v) is 3.71. The van der Waals surface area contributed by atoms with Gasteiger partial charge in [-0.15, -0.1) is 0 Å². The van der Waals surface area contributed by atoms with Crippen LogP contribution >= 0.6 is 0 Å². The van der Waals surface area contributed by atoms with Crippen LogP contribution in [0.25, 0.3) is 0 Å². The summed E-state index contributed by atoms with van der Waals surface area (Å²) < 4.78 is 0. The predicted molar refractivity (Wildman–Crippen MR) is 106 cm³/mol. The van der Waals surface area contributed by atoms with Crippen LogP contribution in [-0.4, -0.2) is 18.0 Å². The summed E-state index contributed by atoms with van der Waals surface area (Å²) >= 11 is 0. The number of allylic oxidation sites excluding steroid dienone is 4. The van der Waals surface area contributed by atoms with Crippen LogP contribution in [0.3, 0.4) is 0 Å². The number of hydrogen-bond acceptors (Lipinski definition) is 1. The smallest absolute Gasteiger partial charge is 0.0233 e. The first-order valence-electron chi connectivity index (χ1n) is 9.05. The molecule has 1 aliphatic rings. The highest BCUT2D eigenvalue weighted by Gasteiger charge is 2.23. The fourth-order valence-electron chi connectivity index (χ4n) is 2.67. The van der Waals surface area contributed by atoms with Crippen LogP contribution in [0.15, 0.2) is 66.8 Å². The lowest BCUT2D eigenvalue weighted by atomic mass is 9.98. The zero-order chi connectivity index (χ0) is 17.5. The van der Waals surface area contributed by atoms with Gasteiger partial charge in [0.05, 0.1) is 0 Å². The Labute approximate surface area is 144 Å². The van der Waals surface area contributed by atoms with Crippen molar-refractivity contribution in [3.8, 4) is 0 Å². The average Bonchev–Trinajstić information content (AvgIpc) is 3.08. The number of benzene rings is 1. The summed E-state index contributed by atoms with van der Waals surface area (Å²) in [6.45, 7) is 17.4. The zero-order valence-corrected chi connectivity index (χ0v) is 15.8. The van der Waals surface area contributed by atoms with E-state index in [0.717, 1.165) is 13.1 Å². The van der Waals surface area contributed by atoms with Crippen LogP contribution in [0.5, 0.6) is 0 Å². The Hall–Kier alpha value is -1.60. The Balaban J connectivity index is 0.00000112. The maximum absolute atomic E-state index is 3.95. The number of likely N-dealkylation sites (tertiary alicyclic amines) is 1. The second-order valence-electron chi connectivity index (χ2n) is 5.10. The van der Waals surface area contributed by atoms with Gasteiger partial charge in [0.25, 0.3) is 0 Å². The minimum atomic E-state index is 0.636. The van der Waals surface area contributed by atoms with E-state index in [1.165, 1.54) is 24.1 Å². The first kappa shape index (κ1) is 21.4. The van der Waals surface area contributed by atoms with E-state index < -0.39 is 0 Å². The van der Waals surface area contributed by atoms with Crippen LogP contribution in [0, 0.1) is 5.92 Å². The van der Waals surface area contributed by atoms with Crippen molar-refractivity contribution in [2.24, 2.45) is 5.92 Å². The van der Waals surface area contributed by atoms with Gasteiger partial charge in [0.2, 0.25) is 0 Å². The van der Waals surface area contributed by atoms with Gasteiger partial charge in [0.15, 0.2) is 0 Å². The summed E-state index contributed by atoms with van der Waals surface area (Å²) in [5, 5.41) is 0. The van der Waals surface area contributed by atoms with E-state index in [0.29, 0.717) is 5.92 Å². The van der Waals surface area contributed by atoms with Crippen molar-refractivity contribution in [1.29, 1.82) is 0 Å². The van der Waals surface area contributed by atoms with Crippen LogP contribution in [0.2, 0.25) is 0 Å². The third kappa shape index (κ3) is 7.99. The summed E-state index contributed by atoms with van der Waals surface area (Å²) in [6.07, 6.45) is 9.62. The molecule has 128 valence electrons. The maximum Gasteiger partial charge on any atom is 0.0233 e. The molecule has 1 aromatic rings. The van der Waals surface area contributed by atoms with Gasteiger partial charge in [-0.25, -0.2) is 0 Å². The molecule has 1 unspecified atom stereocenters. The highest BCUT2D eigenvalue weighted by atomic mass is 15.1. The van der Waals surface area contributed by atoms with Crippen LogP contribution < -0.4 is 0 Å². The van der Waals surface area contributed by atoms with E-state index in [9.17, 15) is 0 Å². The van der Waals surface area contributed by atoms with Crippen molar-refractivity contribution < 1.29 is 0 Å². The lowest BCUT2D eigenvalue weighted by molar-refractivity contribution is 0.323. The molecule has 1 heteroatoms. The molecule has 2 rings (SSSR count). The van der Waals surface area contributed by atoms with Gasteiger partial charge in [-0.1, -0.05) is 88.9 Å². The van der Waals surface area contributed by atoms with E-state index in [1.54, 1.807) is 0 Å². The minimum Gasteiger partial charge on any atom is -0.298 e. The predicted octanol–water partition coefficient (Wildman–Crippen LogP) is 6.25. The van der Waals surface area contributed by atoms with E-state index in [2.05, 4.69) is 60.0 Å². The van der Waals surface area contributed by atoms with Crippen LogP contribution in [0.4, 0.5) is 0 Å². The summed E-state index contributed by atoms with van der Waals surface area (Å²) in [6, 6.07) is 10.7. The molecule has 1 atom stereocenters. The van der Waals surface area contributed by atoms with Gasteiger partial charge >= 0.3 is 0 Å². The molecule has 1 fully saturated rings. The van der Waals surface area contributed by atoms with Crippen molar-refractivity contribution in [2.75, 3.05) is 13.1 Å². The SMILES string of the molecule is C=C/C(=C\C=C/C)C1CCN(Cc2ccccc2)C1.CC.CC. The normalized spacial score (nSPS) is 18.0. The van der Waals surface area contributed by atoms with Crippen molar-refractivity contribution in [3.63, 3.8) is 0 Å². The lowest BCUT2D eigenvalue weighted by Gasteiger charge is -2.16. The molecule has 0 aliphatic carbocycles. The zero-order valence-electron chi connectivity index (χ0n) is 15.8. The summed E-state index contributed by atoms with van der Waals surface area (Å²) in [5.74, 6) is 0.636. The van der Waals surface area contributed by atoms with Gasteiger partial charge in [-0.05, 0) is 36.9 Å². The van der Waals surface area contributed by atoms with Gasteiger partial charge in [-0.3, -0.25) is 4.90 Å². The molecule has 0 saturated carbocycles. The van der Waals surface area contributed by atoms with E-state index in [4.69, 9.17) is 0 Å². The molecule has 1 saturated heterocycles. The molecule has 23 heavy (non-hydrogen) atoms. The molecular formula is C22H35N. The highest BCUT2D eigenvalue weighted by molar-refractivity contribution is 5.26. The monoisotopic (exact) mass is 313 g/mol. The largest absolute Gasteiger partial charge is 0.298 e. The minimum absolute atomic E-state index is 0.636. The number of nitrogens with zero attached hydrogens (tertiary/aromatic N) is 1.